The number of nitrogens with one attached hydrogen (secondary N) is 1. The largest absolute Gasteiger partial charge is 0.458 e. The number of esters is 1. The van der Waals surface area contributed by atoms with E-state index in [1.54, 1.807) is 12.1 Å². The molecule has 5 heteroatoms. The Morgan fingerprint density at radius 3 is 2.59 bits per heavy atom. The molecular weight excluding hydrogens is 302 g/mol. The van der Waals surface area contributed by atoms with E-state index < -0.39 is 5.60 Å². The van der Waals surface area contributed by atoms with Gasteiger partial charge < -0.3 is 10.1 Å². The molecule has 2 fully saturated rings. The van der Waals surface area contributed by atoms with E-state index in [0.29, 0.717) is 11.6 Å². The fraction of sp³-hybridized carbons (Fsp3) is 0.529. The van der Waals surface area contributed by atoms with Crippen LogP contribution in [0.5, 0.6) is 0 Å². The quantitative estimate of drug-likeness (QED) is 0.870. The fourth-order valence-electron chi connectivity index (χ4n) is 3.54. The summed E-state index contributed by atoms with van der Waals surface area (Å²) < 4.78 is 5.57. The van der Waals surface area contributed by atoms with Gasteiger partial charge in [-0.3, -0.25) is 9.59 Å². The third-order valence-electron chi connectivity index (χ3n) is 4.72. The van der Waals surface area contributed by atoms with Crippen molar-refractivity contribution in [3.63, 3.8) is 0 Å². The van der Waals surface area contributed by atoms with E-state index in [9.17, 15) is 9.59 Å². The van der Waals surface area contributed by atoms with Crippen molar-refractivity contribution in [1.82, 2.24) is 5.32 Å². The summed E-state index contributed by atoms with van der Waals surface area (Å²) in [6.45, 7) is 0.441. The predicted octanol–water partition coefficient (Wildman–Crippen LogP) is 3.22. The number of rotatable bonds is 3. The molecule has 2 aliphatic rings. The second kappa shape index (κ2) is 6.29. The Balaban J connectivity index is 1.65. The molecule has 118 valence electrons. The second-order valence-corrected chi connectivity index (χ2v) is 6.64. The predicted molar refractivity (Wildman–Crippen MR) is 83.3 cm³/mol. The van der Waals surface area contributed by atoms with Crippen LogP contribution in [0.15, 0.2) is 24.3 Å². The maximum absolute atomic E-state index is 12.5. The molecule has 1 aromatic rings. The highest BCUT2D eigenvalue weighted by molar-refractivity contribution is 6.30. The van der Waals surface area contributed by atoms with E-state index in [0.717, 1.165) is 37.7 Å². The van der Waals surface area contributed by atoms with Crippen LogP contribution < -0.4 is 5.32 Å². The first-order chi connectivity index (χ1) is 10.6. The summed E-state index contributed by atoms with van der Waals surface area (Å²) in [5.74, 6) is -0.677. The first-order valence-corrected chi connectivity index (χ1v) is 8.21. The Labute approximate surface area is 135 Å². The molecule has 0 radical (unpaired) electrons. The molecule has 1 aliphatic heterocycles. The first kappa shape index (κ1) is 15.3. The highest BCUT2D eigenvalue weighted by Crippen LogP contribution is 2.44. The summed E-state index contributed by atoms with van der Waals surface area (Å²) in [6, 6.07) is 7.37. The van der Waals surface area contributed by atoms with Gasteiger partial charge in [0.15, 0.2) is 0 Å². The van der Waals surface area contributed by atoms with E-state index >= 15 is 0 Å². The van der Waals surface area contributed by atoms with Crippen molar-refractivity contribution in [3.8, 4) is 0 Å². The summed E-state index contributed by atoms with van der Waals surface area (Å²) in [7, 11) is 0. The highest BCUT2D eigenvalue weighted by atomic mass is 35.5. The standard InChI is InChI=1S/C17H20ClNO3/c18-13-6-4-12(5-7-13)11-19-16(21)14-10-15(20)22-17(14)8-2-1-3-9-17/h4-7,14H,1-3,8-11H2,(H,19,21). The Bertz CT molecular complexity index is 564. The lowest BCUT2D eigenvalue weighted by molar-refractivity contribution is -0.153. The van der Waals surface area contributed by atoms with E-state index in [-0.39, 0.29) is 24.2 Å². The van der Waals surface area contributed by atoms with Crippen LogP contribution in [0.25, 0.3) is 0 Å². The normalized spacial score (nSPS) is 23.3. The number of amides is 1. The molecule has 22 heavy (non-hydrogen) atoms. The molecule has 4 nitrogen and oxygen atoms in total. The Morgan fingerprint density at radius 2 is 1.91 bits per heavy atom. The molecular formula is C17H20ClNO3. The minimum atomic E-state index is -0.556. The number of hydrogen-bond donors (Lipinski definition) is 1. The number of ether oxygens (including phenoxy) is 1. The molecule has 0 bridgehead atoms. The minimum Gasteiger partial charge on any atom is -0.458 e. The molecule has 0 aromatic heterocycles. The van der Waals surface area contributed by atoms with Crippen LogP contribution in [-0.4, -0.2) is 17.5 Å². The monoisotopic (exact) mass is 321 g/mol. The van der Waals surface area contributed by atoms with E-state index in [4.69, 9.17) is 16.3 Å². The van der Waals surface area contributed by atoms with Crippen molar-refractivity contribution >= 4 is 23.5 Å². The Kier molecular flexibility index (Phi) is 4.39. The van der Waals surface area contributed by atoms with E-state index in [2.05, 4.69) is 5.32 Å². The summed E-state index contributed by atoms with van der Waals surface area (Å²) in [4.78, 5) is 24.3. The van der Waals surface area contributed by atoms with Crippen LogP contribution in [0.2, 0.25) is 5.02 Å². The van der Waals surface area contributed by atoms with Crippen molar-refractivity contribution < 1.29 is 14.3 Å². The molecule has 1 N–H and O–H groups in total. The van der Waals surface area contributed by atoms with Crippen molar-refractivity contribution in [1.29, 1.82) is 0 Å². The molecule has 1 spiro atoms. The lowest BCUT2D eigenvalue weighted by Gasteiger charge is -2.36. The van der Waals surface area contributed by atoms with Crippen LogP contribution >= 0.6 is 11.6 Å². The zero-order chi connectivity index (χ0) is 15.6. The van der Waals surface area contributed by atoms with Gasteiger partial charge in [0.1, 0.15) is 5.60 Å². The summed E-state index contributed by atoms with van der Waals surface area (Å²) in [6.07, 6.45) is 5.00. The van der Waals surface area contributed by atoms with Crippen LogP contribution in [0.3, 0.4) is 0 Å². The number of benzene rings is 1. The van der Waals surface area contributed by atoms with Gasteiger partial charge in [0.25, 0.3) is 0 Å². The Morgan fingerprint density at radius 1 is 1.23 bits per heavy atom. The smallest absolute Gasteiger partial charge is 0.307 e. The molecule has 1 saturated carbocycles. The van der Waals surface area contributed by atoms with Gasteiger partial charge in [0, 0.05) is 11.6 Å². The Hall–Kier alpha value is -1.55. The van der Waals surface area contributed by atoms with Gasteiger partial charge in [-0.1, -0.05) is 30.2 Å². The highest BCUT2D eigenvalue weighted by Gasteiger charge is 2.52. The second-order valence-electron chi connectivity index (χ2n) is 6.20. The third-order valence-corrected chi connectivity index (χ3v) is 4.97. The summed E-state index contributed by atoms with van der Waals surface area (Å²) in [5, 5.41) is 3.61. The average molecular weight is 322 g/mol. The molecule has 1 aromatic carbocycles. The van der Waals surface area contributed by atoms with E-state index in [1.807, 2.05) is 12.1 Å². The SMILES string of the molecule is O=C1CC(C(=O)NCc2ccc(Cl)cc2)C2(CCCCC2)O1. The summed E-state index contributed by atoms with van der Waals surface area (Å²) in [5.41, 5.74) is 0.431. The van der Waals surface area contributed by atoms with Gasteiger partial charge in [0.05, 0.1) is 12.3 Å². The first-order valence-electron chi connectivity index (χ1n) is 7.83. The number of carbonyl (C=O) groups is 2. The van der Waals surface area contributed by atoms with Crippen LogP contribution in [0.4, 0.5) is 0 Å². The van der Waals surface area contributed by atoms with Crippen LogP contribution in [0.1, 0.15) is 44.1 Å². The van der Waals surface area contributed by atoms with Crippen LogP contribution in [0, 0.1) is 5.92 Å². The molecule has 1 saturated heterocycles. The minimum absolute atomic E-state index is 0.0808. The number of hydrogen-bond acceptors (Lipinski definition) is 3. The van der Waals surface area contributed by atoms with Crippen molar-refractivity contribution in [2.75, 3.05) is 0 Å². The molecule has 1 atom stereocenters. The molecule has 3 rings (SSSR count). The third kappa shape index (κ3) is 3.12. The topological polar surface area (TPSA) is 55.4 Å². The summed E-state index contributed by atoms with van der Waals surface area (Å²) >= 11 is 5.85. The van der Waals surface area contributed by atoms with Crippen molar-refractivity contribution in [3.05, 3.63) is 34.9 Å². The van der Waals surface area contributed by atoms with Gasteiger partial charge >= 0.3 is 5.97 Å². The van der Waals surface area contributed by atoms with Crippen molar-refractivity contribution in [2.24, 2.45) is 5.92 Å². The zero-order valence-corrected chi connectivity index (χ0v) is 13.2. The van der Waals surface area contributed by atoms with Gasteiger partial charge in [0.2, 0.25) is 5.91 Å². The molecule has 1 heterocycles. The molecule has 1 aliphatic carbocycles. The fourth-order valence-corrected chi connectivity index (χ4v) is 3.67. The van der Waals surface area contributed by atoms with Gasteiger partial charge in [-0.05, 0) is 43.4 Å². The van der Waals surface area contributed by atoms with Crippen LogP contribution in [-0.2, 0) is 20.9 Å². The van der Waals surface area contributed by atoms with E-state index in [1.165, 1.54) is 0 Å². The number of carbonyl (C=O) groups excluding carboxylic acids is 2. The van der Waals surface area contributed by atoms with Gasteiger partial charge in [-0.25, -0.2) is 0 Å². The maximum atomic E-state index is 12.5. The van der Waals surface area contributed by atoms with Gasteiger partial charge in [-0.2, -0.15) is 0 Å². The van der Waals surface area contributed by atoms with Gasteiger partial charge in [-0.15, -0.1) is 0 Å². The number of halogens is 1. The lowest BCUT2D eigenvalue weighted by Crippen LogP contribution is -2.45. The molecule has 1 unspecified atom stereocenters. The maximum Gasteiger partial charge on any atom is 0.307 e. The van der Waals surface area contributed by atoms with Crippen molar-refractivity contribution in [2.45, 2.75) is 50.7 Å². The zero-order valence-electron chi connectivity index (χ0n) is 12.4. The molecule has 1 amide bonds. The lowest BCUT2D eigenvalue weighted by atomic mass is 9.75. The average Bonchev–Trinajstić information content (AvgIpc) is 2.83.